The molecular formula is C21H24N4O2S. The van der Waals surface area contributed by atoms with Crippen molar-refractivity contribution in [2.75, 3.05) is 37.7 Å². The monoisotopic (exact) mass is 396 g/mol. The summed E-state index contributed by atoms with van der Waals surface area (Å²) in [7, 11) is 0. The van der Waals surface area contributed by atoms with Gasteiger partial charge in [-0.1, -0.05) is 12.1 Å². The Hall–Kier alpha value is -2.67. The molecule has 0 atom stereocenters. The SMILES string of the molecule is CCOc1ccc(-c2c(C)sc3nc(C)nc(N4CCN(C=O)CC4)c23)cc1. The molecule has 0 bridgehead atoms. The number of carbonyl (C=O) groups is 1. The number of hydrogen-bond acceptors (Lipinski definition) is 6. The second-order valence-electron chi connectivity index (χ2n) is 6.89. The number of ether oxygens (including phenoxy) is 1. The number of benzene rings is 1. The van der Waals surface area contributed by atoms with Gasteiger partial charge in [0.15, 0.2) is 0 Å². The van der Waals surface area contributed by atoms with Gasteiger partial charge in [-0.3, -0.25) is 4.79 Å². The lowest BCUT2D eigenvalue weighted by molar-refractivity contribution is -0.118. The highest BCUT2D eigenvalue weighted by molar-refractivity contribution is 7.19. The van der Waals surface area contributed by atoms with Gasteiger partial charge in [0.1, 0.15) is 22.2 Å². The van der Waals surface area contributed by atoms with E-state index in [1.165, 1.54) is 10.4 Å². The third-order valence-corrected chi connectivity index (χ3v) is 6.04. The van der Waals surface area contributed by atoms with Crippen LogP contribution < -0.4 is 9.64 Å². The number of amides is 1. The normalized spacial score (nSPS) is 14.5. The fourth-order valence-electron chi connectivity index (χ4n) is 3.70. The molecule has 3 aromatic rings. The molecule has 0 aliphatic carbocycles. The van der Waals surface area contributed by atoms with Gasteiger partial charge in [-0.25, -0.2) is 9.97 Å². The van der Waals surface area contributed by atoms with Gasteiger partial charge in [0.2, 0.25) is 6.41 Å². The first kappa shape index (κ1) is 18.7. The van der Waals surface area contributed by atoms with Gasteiger partial charge in [0, 0.05) is 36.6 Å². The van der Waals surface area contributed by atoms with Crippen molar-refractivity contribution in [1.82, 2.24) is 14.9 Å². The average molecular weight is 397 g/mol. The number of rotatable bonds is 5. The van der Waals surface area contributed by atoms with Gasteiger partial charge in [-0.2, -0.15) is 0 Å². The van der Waals surface area contributed by atoms with Crippen molar-refractivity contribution in [2.45, 2.75) is 20.8 Å². The molecule has 0 N–H and O–H groups in total. The highest BCUT2D eigenvalue weighted by Gasteiger charge is 2.24. The summed E-state index contributed by atoms with van der Waals surface area (Å²) in [6, 6.07) is 8.24. The summed E-state index contributed by atoms with van der Waals surface area (Å²) >= 11 is 1.71. The van der Waals surface area contributed by atoms with E-state index in [-0.39, 0.29) is 0 Å². The quantitative estimate of drug-likeness (QED) is 0.616. The van der Waals surface area contributed by atoms with Gasteiger partial charge >= 0.3 is 0 Å². The number of aromatic nitrogens is 2. The Morgan fingerprint density at radius 2 is 1.82 bits per heavy atom. The number of nitrogens with zero attached hydrogens (tertiary/aromatic N) is 4. The third kappa shape index (κ3) is 3.42. The zero-order valence-electron chi connectivity index (χ0n) is 16.4. The number of anilines is 1. The van der Waals surface area contributed by atoms with Crippen LogP contribution in [0.1, 0.15) is 17.6 Å². The molecule has 1 aliphatic rings. The Kier molecular flexibility index (Phi) is 5.17. The maximum absolute atomic E-state index is 11.1. The van der Waals surface area contributed by atoms with Crippen LogP contribution in [0.4, 0.5) is 5.82 Å². The van der Waals surface area contributed by atoms with Gasteiger partial charge in [0.05, 0.1) is 12.0 Å². The number of fused-ring (bicyclic) bond motifs is 1. The molecule has 0 radical (unpaired) electrons. The Labute approximate surface area is 168 Å². The van der Waals surface area contributed by atoms with Gasteiger partial charge in [-0.05, 0) is 38.5 Å². The Morgan fingerprint density at radius 1 is 1.11 bits per heavy atom. The van der Waals surface area contributed by atoms with Crippen LogP contribution in [0, 0.1) is 13.8 Å². The summed E-state index contributed by atoms with van der Waals surface area (Å²) in [6.07, 6.45) is 0.929. The minimum Gasteiger partial charge on any atom is -0.494 e. The van der Waals surface area contributed by atoms with E-state index in [9.17, 15) is 4.79 Å². The van der Waals surface area contributed by atoms with Crippen molar-refractivity contribution in [2.24, 2.45) is 0 Å². The Bertz CT molecular complexity index is 992. The Morgan fingerprint density at radius 3 is 2.46 bits per heavy atom. The minimum atomic E-state index is 0.657. The molecule has 7 heteroatoms. The molecule has 1 aromatic carbocycles. The van der Waals surface area contributed by atoms with E-state index in [1.807, 2.05) is 30.9 Å². The van der Waals surface area contributed by atoms with E-state index in [0.29, 0.717) is 6.61 Å². The number of hydrogen-bond donors (Lipinski definition) is 0. The summed E-state index contributed by atoms with van der Waals surface area (Å²) in [5.41, 5.74) is 2.34. The van der Waals surface area contributed by atoms with Crippen LogP contribution in [0.2, 0.25) is 0 Å². The molecule has 1 aliphatic heterocycles. The number of piperazine rings is 1. The van der Waals surface area contributed by atoms with Crippen molar-refractivity contribution < 1.29 is 9.53 Å². The van der Waals surface area contributed by atoms with Crippen molar-refractivity contribution in [3.63, 3.8) is 0 Å². The zero-order chi connectivity index (χ0) is 19.7. The minimum absolute atomic E-state index is 0.657. The first-order chi connectivity index (χ1) is 13.6. The molecule has 3 heterocycles. The van der Waals surface area contributed by atoms with Crippen LogP contribution >= 0.6 is 11.3 Å². The van der Waals surface area contributed by atoms with Crippen LogP contribution in [0.25, 0.3) is 21.3 Å². The Balaban J connectivity index is 1.81. The predicted molar refractivity (Wildman–Crippen MR) is 113 cm³/mol. The fraction of sp³-hybridized carbons (Fsp3) is 0.381. The smallest absolute Gasteiger partial charge is 0.209 e. The van der Waals surface area contributed by atoms with E-state index in [1.54, 1.807) is 11.3 Å². The van der Waals surface area contributed by atoms with Crippen LogP contribution in [0.3, 0.4) is 0 Å². The van der Waals surface area contributed by atoms with Crippen molar-refractivity contribution in [3.8, 4) is 16.9 Å². The third-order valence-electron chi connectivity index (χ3n) is 5.04. The van der Waals surface area contributed by atoms with E-state index < -0.39 is 0 Å². The molecule has 28 heavy (non-hydrogen) atoms. The van der Waals surface area contributed by atoms with Gasteiger partial charge < -0.3 is 14.5 Å². The summed E-state index contributed by atoms with van der Waals surface area (Å²) in [5.74, 6) is 2.63. The molecule has 0 spiro atoms. The molecule has 2 aromatic heterocycles. The van der Waals surface area contributed by atoms with Gasteiger partial charge in [-0.15, -0.1) is 11.3 Å². The molecule has 4 rings (SSSR count). The summed E-state index contributed by atoms with van der Waals surface area (Å²) in [5, 5.41) is 1.11. The van der Waals surface area contributed by atoms with E-state index in [0.717, 1.165) is 65.8 Å². The van der Waals surface area contributed by atoms with Crippen molar-refractivity contribution in [3.05, 3.63) is 35.0 Å². The maximum Gasteiger partial charge on any atom is 0.209 e. The maximum atomic E-state index is 11.1. The second-order valence-corrected chi connectivity index (χ2v) is 8.10. The van der Waals surface area contributed by atoms with Crippen LogP contribution in [0.5, 0.6) is 5.75 Å². The highest BCUT2D eigenvalue weighted by Crippen LogP contribution is 2.42. The molecule has 1 fully saturated rings. The summed E-state index contributed by atoms with van der Waals surface area (Å²) in [6.45, 7) is 9.72. The molecule has 0 unspecified atom stereocenters. The van der Waals surface area contributed by atoms with Gasteiger partial charge in [0.25, 0.3) is 0 Å². The molecule has 146 valence electrons. The first-order valence-electron chi connectivity index (χ1n) is 9.56. The first-order valence-corrected chi connectivity index (χ1v) is 10.4. The average Bonchev–Trinajstić information content (AvgIpc) is 3.04. The van der Waals surface area contributed by atoms with Crippen LogP contribution in [0.15, 0.2) is 24.3 Å². The predicted octanol–water partition coefficient (Wildman–Crippen LogP) is 3.65. The lowest BCUT2D eigenvalue weighted by Gasteiger charge is -2.33. The van der Waals surface area contributed by atoms with Crippen LogP contribution in [-0.4, -0.2) is 54.1 Å². The number of aryl methyl sites for hydroxylation is 2. The molecule has 1 amide bonds. The lowest BCUT2D eigenvalue weighted by atomic mass is 10.0. The lowest BCUT2D eigenvalue weighted by Crippen LogP contribution is -2.46. The second kappa shape index (κ2) is 7.75. The molecule has 6 nitrogen and oxygen atoms in total. The molecule has 1 saturated heterocycles. The van der Waals surface area contributed by atoms with Crippen molar-refractivity contribution in [1.29, 1.82) is 0 Å². The number of thiophene rings is 1. The largest absolute Gasteiger partial charge is 0.494 e. The topological polar surface area (TPSA) is 58.6 Å². The summed E-state index contributed by atoms with van der Waals surface area (Å²) in [4.78, 5) is 26.9. The zero-order valence-corrected chi connectivity index (χ0v) is 17.3. The summed E-state index contributed by atoms with van der Waals surface area (Å²) < 4.78 is 5.59. The molecule has 0 saturated carbocycles. The standard InChI is InChI=1S/C21H24N4O2S/c1-4-27-17-7-5-16(6-8-17)18-14(2)28-21-19(18)20(22-15(3)23-21)25-11-9-24(13-26)10-12-25/h5-8,13H,4,9-12H2,1-3H3. The van der Waals surface area contributed by atoms with Crippen molar-refractivity contribution >= 4 is 33.8 Å². The molecular weight excluding hydrogens is 372 g/mol. The van der Waals surface area contributed by atoms with E-state index in [2.05, 4.69) is 24.0 Å². The van der Waals surface area contributed by atoms with E-state index in [4.69, 9.17) is 14.7 Å². The fourth-order valence-corrected chi connectivity index (χ4v) is 4.78. The van der Waals surface area contributed by atoms with Crippen LogP contribution in [-0.2, 0) is 4.79 Å². The highest BCUT2D eigenvalue weighted by atomic mass is 32.1. The number of carbonyl (C=O) groups excluding carboxylic acids is 1. The van der Waals surface area contributed by atoms with E-state index >= 15 is 0 Å².